The van der Waals surface area contributed by atoms with Crippen LogP contribution in [0.2, 0.25) is 0 Å². The highest BCUT2D eigenvalue weighted by atomic mass is 32.2. The van der Waals surface area contributed by atoms with Crippen LogP contribution in [-0.2, 0) is 26.3 Å². The summed E-state index contributed by atoms with van der Waals surface area (Å²) >= 11 is 1.51. The minimum atomic E-state index is -0.379. The van der Waals surface area contributed by atoms with E-state index in [2.05, 4.69) is 55.0 Å². The maximum Gasteiger partial charge on any atom is 0.332 e. The second-order valence-electron chi connectivity index (χ2n) is 7.22. The zero-order valence-corrected chi connectivity index (χ0v) is 17.1. The molecule has 0 fully saturated rings. The van der Waals surface area contributed by atoms with Gasteiger partial charge < -0.3 is 0 Å². The molecule has 0 saturated carbocycles. The van der Waals surface area contributed by atoms with E-state index in [1.165, 1.54) is 28.9 Å². The molecule has 7 heteroatoms. The van der Waals surface area contributed by atoms with Crippen molar-refractivity contribution in [3.8, 4) is 0 Å². The van der Waals surface area contributed by atoms with Gasteiger partial charge >= 0.3 is 5.69 Å². The van der Waals surface area contributed by atoms with E-state index in [-0.39, 0.29) is 11.2 Å². The lowest BCUT2D eigenvalue weighted by molar-refractivity contribution is 0.613. The molecule has 0 aliphatic carbocycles. The van der Waals surface area contributed by atoms with Gasteiger partial charge in [-0.05, 0) is 18.4 Å². The van der Waals surface area contributed by atoms with Gasteiger partial charge in [0.05, 0.1) is 0 Å². The first-order valence-electron chi connectivity index (χ1n) is 8.93. The summed E-state index contributed by atoms with van der Waals surface area (Å²) in [4.78, 5) is 34.3. The smallest absolute Gasteiger partial charge is 0.280 e. The summed E-state index contributed by atoms with van der Waals surface area (Å²) in [6, 6.07) is 8.30. The van der Waals surface area contributed by atoms with Crippen LogP contribution in [0, 0.1) is 12.8 Å². The van der Waals surface area contributed by atoms with Crippen LogP contribution in [0.1, 0.15) is 30.8 Å². The number of nitrogens with zero attached hydrogens (tertiary/aromatic N) is 4. The number of aryl methyl sites for hydroxylation is 2. The molecule has 0 atom stereocenters. The molecule has 0 N–H and O–H groups in total. The number of fused-ring (bicyclic) bond motifs is 1. The van der Waals surface area contributed by atoms with Gasteiger partial charge in [-0.15, -0.1) is 11.8 Å². The van der Waals surface area contributed by atoms with Crippen LogP contribution in [0.25, 0.3) is 11.0 Å². The SMILES string of the molecule is Cc1ccc(CSc2nc(CC(C)C)nc3c2c(=O)n(C)c(=O)n3C)cc1. The van der Waals surface area contributed by atoms with E-state index in [1.54, 1.807) is 7.05 Å². The average molecular weight is 385 g/mol. The summed E-state index contributed by atoms with van der Waals surface area (Å²) in [6.45, 7) is 6.24. The molecule has 1 aromatic carbocycles. The van der Waals surface area contributed by atoms with Crippen molar-refractivity contribution in [3.63, 3.8) is 0 Å². The van der Waals surface area contributed by atoms with Gasteiger partial charge in [-0.3, -0.25) is 13.9 Å². The van der Waals surface area contributed by atoms with Crippen molar-refractivity contribution in [2.45, 2.75) is 38.0 Å². The molecule has 0 spiro atoms. The Morgan fingerprint density at radius 1 is 1.04 bits per heavy atom. The van der Waals surface area contributed by atoms with E-state index < -0.39 is 0 Å². The fraction of sp³-hybridized carbons (Fsp3) is 0.400. The molecular formula is C20H24N4O2S. The van der Waals surface area contributed by atoms with E-state index in [0.717, 1.165) is 10.1 Å². The summed E-state index contributed by atoms with van der Waals surface area (Å²) in [5.41, 5.74) is 2.04. The van der Waals surface area contributed by atoms with Gasteiger partial charge in [-0.1, -0.05) is 43.7 Å². The van der Waals surface area contributed by atoms with Crippen molar-refractivity contribution in [1.29, 1.82) is 0 Å². The third-order valence-corrected chi connectivity index (χ3v) is 5.45. The minimum absolute atomic E-state index is 0.351. The summed E-state index contributed by atoms with van der Waals surface area (Å²) in [5.74, 6) is 1.73. The molecule has 0 aliphatic rings. The van der Waals surface area contributed by atoms with Crippen LogP contribution >= 0.6 is 11.8 Å². The maximum absolute atomic E-state index is 12.8. The highest BCUT2D eigenvalue weighted by Crippen LogP contribution is 2.26. The first kappa shape index (κ1) is 19.4. The molecule has 3 aromatic rings. The van der Waals surface area contributed by atoms with Gasteiger partial charge in [-0.25, -0.2) is 14.8 Å². The molecule has 27 heavy (non-hydrogen) atoms. The topological polar surface area (TPSA) is 69.8 Å². The van der Waals surface area contributed by atoms with Crippen LogP contribution in [0.5, 0.6) is 0 Å². The Morgan fingerprint density at radius 3 is 2.33 bits per heavy atom. The van der Waals surface area contributed by atoms with Crippen LogP contribution in [-0.4, -0.2) is 19.1 Å². The number of hydrogen-bond acceptors (Lipinski definition) is 5. The van der Waals surface area contributed by atoms with Crippen molar-refractivity contribution < 1.29 is 0 Å². The number of thioether (sulfide) groups is 1. The highest BCUT2D eigenvalue weighted by molar-refractivity contribution is 7.98. The van der Waals surface area contributed by atoms with Gasteiger partial charge in [0.1, 0.15) is 16.2 Å². The van der Waals surface area contributed by atoms with Gasteiger partial charge in [0.15, 0.2) is 5.65 Å². The Bertz CT molecular complexity index is 1100. The number of benzene rings is 1. The molecular weight excluding hydrogens is 360 g/mol. The van der Waals surface area contributed by atoms with E-state index in [9.17, 15) is 9.59 Å². The number of hydrogen-bond donors (Lipinski definition) is 0. The normalized spacial score (nSPS) is 11.5. The lowest BCUT2D eigenvalue weighted by Crippen LogP contribution is -2.37. The summed E-state index contributed by atoms with van der Waals surface area (Å²) in [7, 11) is 3.13. The van der Waals surface area contributed by atoms with Crippen LogP contribution < -0.4 is 11.2 Å². The van der Waals surface area contributed by atoms with Crippen molar-refractivity contribution in [2.24, 2.45) is 20.0 Å². The Kier molecular flexibility index (Phi) is 5.51. The predicted molar refractivity (Wildman–Crippen MR) is 109 cm³/mol. The minimum Gasteiger partial charge on any atom is -0.280 e. The van der Waals surface area contributed by atoms with Crippen LogP contribution in [0.4, 0.5) is 0 Å². The zero-order chi connectivity index (χ0) is 19.7. The molecule has 0 radical (unpaired) electrons. The van der Waals surface area contributed by atoms with Gasteiger partial charge in [0, 0.05) is 26.3 Å². The molecule has 0 amide bonds. The maximum atomic E-state index is 12.8. The first-order valence-corrected chi connectivity index (χ1v) is 9.91. The van der Waals surface area contributed by atoms with Gasteiger partial charge in [-0.2, -0.15) is 0 Å². The average Bonchev–Trinajstić information content (AvgIpc) is 2.63. The van der Waals surface area contributed by atoms with E-state index >= 15 is 0 Å². The number of aromatic nitrogens is 4. The van der Waals surface area contributed by atoms with Crippen LogP contribution in [0.3, 0.4) is 0 Å². The predicted octanol–water partition coefficient (Wildman–Crippen LogP) is 2.83. The van der Waals surface area contributed by atoms with Crippen molar-refractivity contribution >= 4 is 22.8 Å². The quantitative estimate of drug-likeness (QED) is 0.500. The summed E-state index contributed by atoms with van der Waals surface area (Å²) < 4.78 is 2.54. The Labute approximate surface area is 162 Å². The van der Waals surface area contributed by atoms with Gasteiger partial charge in [0.2, 0.25) is 0 Å². The summed E-state index contributed by atoms with van der Waals surface area (Å²) in [6.07, 6.45) is 0.692. The lowest BCUT2D eigenvalue weighted by atomic mass is 10.1. The van der Waals surface area contributed by atoms with Gasteiger partial charge in [0.25, 0.3) is 5.56 Å². The second-order valence-corrected chi connectivity index (χ2v) is 8.19. The second kappa shape index (κ2) is 7.68. The Balaban J connectivity index is 2.14. The van der Waals surface area contributed by atoms with Crippen molar-refractivity contribution in [1.82, 2.24) is 19.1 Å². The molecule has 0 unspecified atom stereocenters. The third kappa shape index (κ3) is 3.98. The van der Waals surface area contributed by atoms with Crippen LogP contribution in [0.15, 0.2) is 38.9 Å². The Morgan fingerprint density at radius 2 is 1.70 bits per heavy atom. The monoisotopic (exact) mass is 384 g/mol. The fourth-order valence-electron chi connectivity index (χ4n) is 2.87. The fourth-order valence-corrected chi connectivity index (χ4v) is 3.86. The third-order valence-electron chi connectivity index (χ3n) is 4.40. The molecule has 6 nitrogen and oxygen atoms in total. The molecule has 0 aliphatic heterocycles. The molecule has 0 saturated heterocycles. The highest BCUT2D eigenvalue weighted by Gasteiger charge is 2.18. The molecule has 142 valence electrons. The van der Waals surface area contributed by atoms with E-state index in [1.807, 2.05) is 0 Å². The molecule has 0 bridgehead atoms. The molecule has 2 heterocycles. The van der Waals surface area contributed by atoms with E-state index in [4.69, 9.17) is 0 Å². The first-order chi connectivity index (χ1) is 12.8. The standard InChI is InChI=1S/C20H24N4O2S/c1-12(2)10-15-21-17-16(19(25)24(5)20(26)23(17)4)18(22-15)27-11-14-8-6-13(3)7-9-14/h6-9,12H,10-11H2,1-5H3. The molecule has 2 aromatic heterocycles. The number of rotatable bonds is 5. The zero-order valence-electron chi connectivity index (χ0n) is 16.3. The molecule has 3 rings (SSSR count). The van der Waals surface area contributed by atoms with E-state index in [0.29, 0.717) is 40.0 Å². The summed E-state index contributed by atoms with van der Waals surface area (Å²) in [5, 5.41) is 1.04. The Hall–Kier alpha value is -2.41. The lowest BCUT2D eigenvalue weighted by Gasteiger charge is -2.12. The van der Waals surface area contributed by atoms with Crippen molar-refractivity contribution in [3.05, 3.63) is 62.1 Å². The largest absolute Gasteiger partial charge is 0.332 e. The van der Waals surface area contributed by atoms with Crippen molar-refractivity contribution in [2.75, 3.05) is 0 Å².